The van der Waals surface area contributed by atoms with Crippen molar-refractivity contribution in [2.24, 2.45) is 0 Å². The van der Waals surface area contributed by atoms with Crippen molar-refractivity contribution in [3.63, 3.8) is 0 Å². The molecule has 126 valence electrons. The summed E-state index contributed by atoms with van der Waals surface area (Å²) >= 11 is 6.36. The molecular formula is C16H15NO5S2. The van der Waals surface area contributed by atoms with E-state index in [4.69, 9.17) is 26.4 Å². The van der Waals surface area contributed by atoms with Crippen LogP contribution in [0.15, 0.2) is 23.1 Å². The van der Waals surface area contributed by atoms with Crippen molar-refractivity contribution < 1.29 is 23.8 Å². The summed E-state index contributed by atoms with van der Waals surface area (Å²) in [4.78, 5) is 25.9. The number of fused-ring (bicyclic) bond motifs is 1. The molecule has 0 radical (unpaired) electrons. The highest BCUT2D eigenvalue weighted by Crippen LogP contribution is 2.36. The third-order valence-corrected chi connectivity index (χ3v) is 4.60. The lowest BCUT2D eigenvalue weighted by Crippen LogP contribution is -2.35. The maximum absolute atomic E-state index is 12.5. The number of thioether (sulfide) groups is 1. The maximum Gasteiger partial charge on any atom is 0.326 e. The minimum atomic E-state index is -0.481. The lowest BCUT2D eigenvalue weighted by Gasteiger charge is -2.14. The molecule has 2 aliphatic rings. The summed E-state index contributed by atoms with van der Waals surface area (Å²) in [5, 5.41) is 0. The Morgan fingerprint density at radius 1 is 1.42 bits per heavy atom. The maximum atomic E-state index is 12.5. The number of hydrogen-bond acceptors (Lipinski definition) is 7. The van der Waals surface area contributed by atoms with Gasteiger partial charge in [0.15, 0.2) is 11.5 Å². The van der Waals surface area contributed by atoms with Gasteiger partial charge in [0.1, 0.15) is 10.9 Å². The van der Waals surface area contributed by atoms with Gasteiger partial charge in [0.2, 0.25) is 6.79 Å². The van der Waals surface area contributed by atoms with E-state index in [0.717, 1.165) is 17.3 Å². The lowest BCUT2D eigenvalue weighted by molar-refractivity contribution is -0.149. The Morgan fingerprint density at radius 2 is 2.17 bits per heavy atom. The molecule has 0 aliphatic carbocycles. The van der Waals surface area contributed by atoms with Gasteiger partial charge in [-0.2, -0.15) is 0 Å². The van der Waals surface area contributed by atoms with Gasteiger partial charge < -0.3 is 14.2 Å². The van der Waals surface area contributed by atoms with E-state index in [1.165, 1.54) is 4.90 Å². The number of carbonyl (C=O) groups excluding carboxylic acids is 2. The zero-order chi connectivity index (χ0) is 17.3. The van der Waals surface area contributed by atoms with Crippen LogP contribution in [0, 0.1) is 0 Å². The van der Waals surface area contributed by atoms with Gasteiger partial charge in [-0.15, -0.1) is 0 Å². The minimum absolute atomic E-state index is 0.179. The van der Waals surface area contributed by atoms with Gasteiger partial charge in [0.25, 0.3) is 5.91 Å². The Bertz CT molecular complexity index is 744. The topological polar surface area (TPSA) is 65.1 Å². The quantitative estimate of drug-likeness (QED) is 0.461. The molecule has 0 atom stereocenters. The van der Waals surface area contributed by atoms with E-state index >= 15 is 0 Å². The molecule has 0 spiro atoms. The molecule has 1 aromatic rings. The Balaban J connectivity index is 1.74. The number of benzene rings is 1. The third-order valence-electron chi connectivity index (χ3n) is 3.22. The van der Waals surface area contributed by atoms with Crippen LogP contribution in [-0.4, -0.2) is 40.5 Å². The molecule has 1 aromatic carbocycles. The van der Waals surface area contributed by atoms with Crippen LogP contribution in [0.5, 0.6) is 11.5 Å². The molecule has 2 aliphatic heterocycles. The van der Waals surface area contributed by atoms with Crippen LogP contribution in [0.3, 0.4) is 0 Å². The molecule has 0 saturated carbocycles. The van der Waals surface area contributed by atoms with Crippen LogP contribution >= 0.6 is 24.0 Å². The van der Waals surface area contributed by atoms with E-state index < -0.39 is 5.97 Å². The predicted octanol–water partition coefficient (Wildman–Crippen LogP) is 2.57. The second-order valence-electron chi connectivity index (χ2n) is 5.42. The fourth-order valence-electron chi connectivity index (χ4n) is 2.22. The van der Waals surface area contributed by atoms with Crippen molar-refractivity contribution in [3.05, 3.63) is 28.7 Å². The molecule has 8 heteroatoms. The molecule has 1 fully saturated rings. The van der Waals surface area contributed by atoms with Crippen molar-refractivity contribution in [1.29, 1.82) is 0 Å². The average molecular weight is 365 g/mol. The fourth-order valence-corrected chi connectivity index (χ4v) is 3.47. The number of rotatable bonds is 4. The Hall–Kier alpha value is -2.06. The molecule has 1 saturated heterocycles. The van der Waals surface area contributed by atoms with Crippen LogP contribution in [0.2, 0.25) is 0 Å². The van der Waals surface area contributed by atoms with E-state index in [0.29, 0.717) is 20.7 Å². The number of amides is 1. The van der Waals surface area contributed by atoms with Crippen molar-refractivity contribution in [2.75, 3.05) is 13.3 Å². The smallest absolute Gasteiger partial charge is 0.326 e. The van der Waals surface area contributed by atoms with E-state index in [-0.39, 0.29) is 25.3 Å². The summed E-state index contributed by atoms with van der Waals surface area (Å²) in [5.41, 5.74) is 0.796. The number of thiocarbonyl (C=S) groups is 1. The van der Waals surface area contributed by atoms with Gasteiger partial charge in [0, 0.05) is 0 Å². The van der Waals surface area contributed by atoms with Crippen molar-refractivity contribution in [2.45, 2.75) is 20.0 Å². The largest absolute Gasteiger partial charge is 0.462 e. The van der Waals surface area contributed by atoms with E-state index in [1.807, 2.05) is 6.07 Å². The van der Waals surface area contributed by atoms with E-state index in [1.54, 1.807) is 32.1 Å². The fraction of sp³-hybridized carbons (Fsp3) is 0.312. The average Bonchev–Trinajstić information content (AvgIpc) is 3.06. The highest BCUT2D eigenvalue weighted by molar-refractivity contribution is 8.26. The molecule has 3 rings (SSSR count). The number of hydrogen-bond donors (Lipinski definition) is 0. The van der Waals surface area contributed by atoms with Crippen LogP contribution in [0.1, 0.15) is 19.4 Å². The highest BCUT2D eigenvalue weighted by atomic mass is 32.2. The minimum Gasteiger partial charge on any atom is -0.462 e. The Kier molecular flexibility index (Phi) is 4.77. The molecule has 24 heavy (non-hydrogen) atoms. The first-order chi connectivity index (χ1) is 11.4. The van der Waals surface area contributed by atoms with E-state index in [9.17, 15) is 9.59 Å². The first-order valence-corrected chi connectivity index (χ1v) is 8.51. The zero-order valence-corrected chi connectivity index (χ0v) is 14.7. The van der Waals surface area contributed by atoms with E-state index in [2.05, 4.69) is 0 Å². The monoisotopic (exact) mass is 365 g/mol. The van der Waals surface area contributed by atoms with Crippen LogP contribution in [0.4, 0.5) is 0 Å². The molecular weight excluding hydrogens is 350 g/mol. The number of nitrogens with zero attached hydrogens (tertiary/aromatic N) is 1. The second-order valence-corrected chi connectivity index (χ2v) is 7.09. The first kappa shape index (κ1) is 16.8. The van der Waals surface area contributed by atoms with Gasteiger partial charge in [-0.1, -0.05) is 30.0 Å². The first-order valence-electron chi connectivity index (χ1n) is 7.28. The summed E-state index contributed by atoms with van der Waals surface area (Å²) in [6, 6.07) is 5.41. The predicted molar refractivity (Wildman–Crippen MR) is 93.7 cm³/mol. The van der Waals surface area contributed by atoms with Gasteiger partial charge >= 0.3 is 5.97 Å². The van der Waals surface area contributed by atoms with Crippen molar-refractivity contribution >= 4 is 46.3 Å². The molecule has 0 bridgehead atoms. The van der Waals surface area contributed by atoms with Crippen LogP contribution in [-0.2, 0) is 14.3 Å². The summed E-state index contributed by atoms with van der Waals surface area (Å²) in [5.74, 6) is 0.532. The SMILES string of the molecule is CC(C)OC(=O)CN1C(=O)/C(=C/c2ccc3c(c2)OCO3)SC1=S. The normalized spacial score (nSPS) is 18.0. The lowest BCUT2D eigenvalue weighted by atomic mass is 10.2. The summed E-state index contributed by atoms with van der Waals surface area (Å²) in [7, 11) is 0. The third kappa shape index (κ3) is 3.54. The molecule has 0 unspecified atom stereocenters. The Morgan fingerprint density at radius 3 is 2.92 bits per heavy atom. The zero-order valence-electron chi connectivity index (χ0n) is 13.1. The van der Waals surface area contributed by atoms with Crippen molar-refractivity contribution in [3.8, 4) is 11.5 Å². The van der Waals surface area contributed by atoms with Gasteiger partial charge in [-0.05, 0) is 37.6 Å². The van der Waals surface area contributed by atoms with Crippen molar-refractivity contribution in [1.82, 2.24) is 4.90 Å². The molecule has 0 N–H and O–H groups in total. The summed E-state index contributed by atoms with van der Waals surface area (Å²) in [6.07, 6.45) is 1.48. The molecule has 1 amide bonds. The summed E-state index contributed by atoms with van der Waals surface area (Å²) in [6.45, 7) is 3.52. The van der Waals surface area contributed by atoms with Gasteiger partial charge in [0.05, 0.1) is 11.0 Å². The molecule has 2 heterocycles. The van der Waals surface area contributed by atoms with Gasteiger partial charge in [-0.3, -0.25) is 14.5 Å². The molecule has 0 aromatic heterocycles. The molecule has 6 nitrogen and oxygen atoms in total. The standard InChI is InChI=1S/C16H15NO5S2/c1-9(2)22-14(18)7-17-15(19)13(24-16(17)23)6-10-3-4-11-12(5-10)21-8-20-11/h3-6,9H,7-8H2,1-2H3/b13-6-. The number of ether oxygens (including phenoxy) is 3. The number of esters is 1. The van der Waals surface area contributed by atoms with Crippen LogP contribution < -0.4 is 9.47 Å². The Labute approximate surface area is 148 Å². The number of carbonyl (C=O) groups is 2. The summed E-state index contributed by atoms with van der Waals surface area (Å²) < 4.78 is 16.0. The van der Waals surface area contributed by atoms with Gasteiger partial charge in [-0.25, -0.2) is 0 Å². The highest BCUT2D eigenvalue weighted by Gasteiger charge is 2.34. The second kappa shape index (κ2) is 6.82. The van der Waals surface area contributed by atoms with Crippen LogP contribution in [0.25, 0.3) is 6.08 Å².